The second-order valence-corrected chi connectivity index (χ2v) is 15.0. The third-order valence-corrected chi connectivity index (χ3v) is 10.1. The number of methoxy groups -OCH3 is 1. The standard InChI is InChI=1S/C33H39BrN12O3S/c1-44-20-21(18-39-44)23-16-27(29(49-2)17-28(23)46-12-6-22(7-13-46)45-14-10-35-11-15-45)41-33-38-19-24(34)32(42-33)40-26-5-4-25-30(37-9-8-36-25)31(26)43-50(3,47)48/h4-5,8-9,16-20,22,35,43H,6-7,10-15H2,1-3H3,(H2,38,40,41,42). The number of piperazine rings is 1. The Kier molecular flexibility index (Phi) is 9.72. The molecule has 2 aliphatic rings. The van der Waals surface area contributed by atoms with E-state index < -0.39 is 10.0 Å². The molecule has 7 rings (SSSR count). The topological polar surface area (TPSA) is 167 Å². The van der Waals surface area contributed by atoms with Crippen molar-refractivity contribution < 1.29 is 13.2 Å². The van der Waals surface area contributed by atoms with Gasteiger partial charge in [-0.3, -0.25) is 24.3 Å². The zero-order chi connectivity index (χ0) is 34.8. The molecule has 5 heterocycles. The Hall–Kier alpha value is -4.58. The van der Waals surface area contributed by atoms with E-state index >= 15 is 0 Å². The van der Waals surface area contributed by atoms with Gasteiger partial charge in [-0.1, -0.05) is 0 Å². The number of hydrogen-bond acceptors (Lipinski definition) is 13. The molecule has 5 aromatic rings. The number of hydrogen-bond donors (Lipinski definition) is 4. The summed E-state index contributed by atoms with van der Waals surface area (Å²) < 4.78 is 35.5. The van der Waals surface area contributed by atoms with Crippen LogP contribution >= 0.6 is 15.9 Å². The van der Waals surface area contributed by atoms with Gasteiger partial charge >= 0.3 is 0 Å². The quantitative estimate of drug-likeness (QED) is 0.159. The maximum absolute atomic E-state index is 12.3. The molecule has 0 bridgehead atoms. The molecule has 0 atom stereocenters. The first-order valence-corrected chi connectivity index (χ1v) is 19.0. The molecule has 4 N–H and O–H groups in total. The summed E-state index contributed by atoms with van der Waals surface area (Å²) in [4.78, 5) is 23.0. The molecular formula is C33H39BrN12O3S. The molecule has 15 nitrogen and oxygen atoms in total. The molecule has 17 heteroatoms. The predicted molar refractivity (Wildman–Crippen MR) is 199 cm³/mol. The fourth-order valence-corrected chi connectivity index (χ4v) is 7.47. The van der Waals surface area contributed by atoms with Gasteiger partial charge in [0.15, 0.2) is 0 Å². The minimum absolute atomic E-state index is 0.258. The van der Waals surface area contributed by atoms with E-state index in [1.807, 2.05) is 19.4 Å². The van der Waals surface area contributed by atoms with E-state index in [4.69, 9.17) is 9.72 Å². The number of rotatable bonds is 10. The van der Waals surface area contributed by atoms with Crippen LogP contribution in [0.5, 0.6) is 5.75 Å². The van der Waals surface area contributed by atoms with Gasteiger partial charge in [0.2, 0.25) is 16.0 Å². The Balaban J connectivity index is 1.19. The van der Waals surface area contributed by atoms with Gasteiger partial charge in [-0.15, -0.1) is 0 Å². The molecule has 2 saturated heterocycles. The molecule has 0 spiro atoms. The van der Waals surface area contributed by atoms with Crippen LogP contribution in [0.1, 0.15) is 12.8 Å². The summed E-state index contributed by atoms with van der Waals surface area (Å²) >= 11 is 3.54. The highest BCUT2D eigenvalue weighted by atomic mass is 79.9. The van der Waals surface area contributed by atoms with Crippen molar-refractivity contribution in [2.45, 2.75) is 18.9 Å². The third kappa shape index (κ3) is 7.45. The SMILES string of the molecule is COc1cc(N2CCC(N3CCNCC3)CC2)c(-c2cnn(C)c2)cc1Nc1ncc(Br)c(Nc2ccc3nccnc3c2NS(C)(=O)=O)n1. The molecule has 2 fully saturated rings. The average molecular weight is 764 g/mol. The largest absolute Gasteiger partial charge is 0.494 e. The first-order chi connectivity index (χ1) is 24.1. The number of aryl methyl sites for hydroxylation is 1. The van der Waals surface area contributed by atoms with Gasteiger partial charge in [-0.25, -0.2) is 13.4 Å². The zero-order valence-electron chi connectivity index (χ0n) is 28.0. The van der Waals surface area contributed by atoms with Gasteiger partial charge in [0.1, 0.15) is 17.1 Å². The van der Waals surface area contributed by atoms with Gasteiger partial charge in [0.05, 0.1) is 46.6 Å². The number of benzene rings is 2. The van der Waals surface area contributed by atoms with Gasteiger partial charge in [0.25, 0.3) is 0 Å². The summed E-state index contributed by atoms with van der Waals surface area (Å²) in [6.07, 6.45) is 11.8. The minimum Gasteiger partial charge on any atom is -0.494 e. The number of halogens is 1. The summed E-state index contributed by atoms with van der Waals surface area (Å²) in [5, 5.41) is 14.5. The molecule has 0 aliphatic carbocycles. The lowest BCUT2D eigenvalue weighted by Crippen LogP contribution is -2.52. The third-order valence-electron chi connectivity index (χ3n) is 8.98. The van der Waals surface area contributed by atoms with Crippen LogP contribution in [0.3, 0.4) is 0 Å². The van der Waals surface area contributed by atoms with Crippen molar-refractivity contribution >= 4 is 71.5 Å². The van der Waals surface area contributed by atoms with E-state index in [0.717, 1.165) is 75.2 Å². The van der Waals surface area contributed by atoms with Crippen LogP contribution in [0.25, 0.3) is 22.2 Å². The van der Waals surface area contributed by atoms with Crippen LogP contribution in [0, 0.1) is 0 Å². The van der Waals surface area contributed by atoms with Crippen molar-refractivity contribution in [3.8, 4) is 16.9 Å². The minimum atomic E-state index is -3.64. The zero-order valence-corrected chi connectivity index (χ0v) is 30.4. The predicted octanol–water partition coefficient (Wildman–Crippen LogP) is 4.32. The molecule has 0 saturated carbocycles. The van der Waals surface area contributed by atoms with Gasteiger partial charge in [0, 0.05) is 100 Å². The monoisotopic (exact) mass is 762 g/mol. The normalized spacial score (nSPS) is 16.0. The number of fused-ring (bicyclic) bond motifs is 1. The van der Waals surface area contributed by atoms with Crippen LogP contribution in [0.15, 0.2) is 59.7 Å². The second kappa shape index (κ2) is 14.3. The van der Waals surface area contributed by atoms with Gasteiger partial charge in [-0.05, 0) is 47.0 Å². The fraction of sp³-hybridized carbons (Fsp3) is 0.364. The van der Waals surface area contributed by atoms with Gasteiger partial charge < -0.3 is 25.6 Å². The van der Waals surface area contributed by atoms with E-state index in [-0.39, 0.29) is 5.69 Å². The van der Waals surface area contributed by atoms with E-state index in [2.05, 4.69) is 78.6 Å². The highest BCUT2D eigenvalue weighted by Crippen LogP contribution is 2.42. The van der Waals surface area contributed by atoms with E-state index in [9.17, 15) is 8.42 Å². The number of ether oxygens (including phenoxy) is 1. The summed E-state index contributed by atoms with van der Waals surface area (Å²) in [5.41, 5.74) is 5.41. The van der Waals surface area contributed by atoms with Crippen molar-refractivity contribution in [2.75, 3.05) is 72.9 Å². The average Bonchev–Trinajstić information content (AvgIpc) is 3.56. The molecule has 2 aromatic carbocycles. The number of anilines is 6. The highest BCUT2D eigenvalue weighted by Gasteiger charge is 2.28. The molecular weight excluding hydrogens is 724 g/mol. The Morgan fingerprint density at radius 2 is 1.76 bits per heavy atom. The number of aromatic nitrogens is 6. The Bertz CT molecular complexity index is 2110. The number of nitrogens with zero attached hydrogens (tertiary/aromatic N) is 8. The number of nitrogens with one attached hydrogen (secondary N) is 4. The lowest BCUT2D eigenvalue weighted by atomic mass is 9.98. The Morgan fingerprint density at radius 1 is 0.980 bits per heavy atom. The van der Waals surface area contributed by atoms with Crippen LogP contribution in [-0.2, 0) is 17.1 Å². The molecule has 2 aliphatic heterocycles. The molecule has 0 radical (unpaired) electrons. The van der Waals surface area contributed by atoms with Crippen LogP contribution in [0.4, 0.5) is 34.5 Å². The van der Waals surface area contributed by atoms with E-state index in [1.54, 1.807) is 36.3 Å². The lowest BCUT2D eigenvalue weighted by Gasteiger charge is -2.41. The second-order valence-electron chi connectivity index (χ2n) is 12.4. The van der Waals surface area contributed by atoms with Crippen molar-refractivity contribution in [1.82, 2.24) is 39.9 Å². The lowest BCUT2D eigenvalue weighted by molar-refractivity contribution is 0.150. The maximum Gasteiger partial charge on any atom is 0.229 e. The molecule has 50 heavy (non-hydrogen) atoms. The molecule has 0 unspecified atom stereocenters. The summed E-state index contributed by atoms with van der Waals surface area (Å²) in [7, 11) is -0.0754. The van der Waals surface area contributed by atoms with Crippen LogP contribution < -0.4 is 30.3 Å². The fourth-order valence-electron chi connectivity index (χ4n) is 6.60. The van der Waals surface area contributed by atoms with E-state index in [1.165, 1.54) is 6.20 Å². The maximum atomic E-state index is 12.3. The highest BCUT2D eigenvalue weighted by molar-refractivity contribution is 9.10. The number of piperidine rings is 1. The molecule has 262 valence electrons. The van der Waals surface area contributed by atoms with Crippen molar-refractivity contribution in [1.29, 1.82) is 0 Å². The summed E-state index contributed by atoms with van der Waals surface area (Å²) in [6, 6.07) is 8.21. The van der Waals surface area contributed by atoms with Crippen molar-refractivity contribution in [2.24, 2.45) is 7.05 Å². The Labute approximate surface area is 299 Å². The van der Waals surface area contributed by atoms with Crippen molar-refractivity contribution in [3.63, 3.8) is 0 Å². The van der Waals surface area contributed by atoms with Crippen molar-refractivity contribution in [3.05, 3.63) is 59.7 Å². The smallest absolute Gasteiger partial charge is 0.229 e. The van der Waals surface area contributed by atoms with Crippen LogP contribution in [-0.4, -0.2) is 102 Å². The van der Waals surface area contributed by atoms with Gasteiger partial charge in [-0.2, -0.15) is 10.1 Å². The first kappa shape index (κ1) is 33.9. The molecule has 0 amide bonds. The summed E-state index contributed by atoms with van der Waals surface area (Å²) in [6.45, 7) is 6.20. The van der Waals surface area contributed by atoms with E-state index in [0.29, 0.717) is 50.4 Å². The van der Waals surface area contributed by atoms with Crippen LogP contribution in [0.2, 0.25) is 0 Å². The molecule has 3 aromatic heterocycles. The Morgan fingerprint density at radius 3 is 2.48 bits per heavy atom. The first-order valence-electron chi connectivity index (χ1n) is 16.3. The summed E-state index contributed by atoms with van der Waals surface area (Å²) in [5.74, 6) is 1.34. The number of sulfonamides is 1.